The van der Waals surface area contributed by atoms with Gasteiger partial charge in [-0.05, 0) is 30.7 Å². The van der Waals surface area contributed by atoms with E-state index in [0.29, 0.717) is 27.9 Å². The first-order valence-corrected chi connectivity index (χ1v) is 11.0. The van der Waals surface area contributed by atoms with Gasteiger partial charge in [-0.3, -0.25) is 9.10 Å². The van der Waals surface area contributed by atoms with E-state index in [9.17, 15) is 13.2 Å². The summed E-state index contributed by atoms with van der Waals surface area (Å²) in [4.78, 5) is 12.6. The Kier molecular flexibility index (Phi) is 7.19. The van der Waals surface area contributed by atoms with Crippen LogP contribution in [0.3, 0.4) is 0 Å². The molecule has 0 saturated heterocycles. The Morgan fingerprint density at radius 3 is 2.36 bits per heavy atom. The molecule has 0 aliphatic heterocycles. The van der Waals surface area contributed by atoms with Crippen LogP contribution in [0.25, 0.3) is 0 Å². The molecular formula is C18H20BrClN2O5S. The quantitative estimate of drug-likeness (QED) is 0.636. The first kappa shape index (κ1) is 22.3. The Morgan fingerprint density at radius 1 is 1.18 bits per heavy atom. The molecule has 2 aromatic rings. The molecule has 0 unspecified atom stereocenters. The summed E-state index contributed by atoms with van der Waals surface area (Å²) in [6, 6.07) is 8.05. The van der Waals surface area contributed by atoms with Crippen molar-refractivity contribution in [2.24, 2.45) is 0 Å². The molecular weight excluding hydrogens is 472 g/mol. The standard InChI is InChI=1S/C18H20BrClN2O5S/c1-11-7-12(5-6-13(11)19)22(28(4,24)25)10-18(23)21-15-9-16(26-2)14(20)8-17(15)27-3/h5-9H,10H2,1-4H3,(H,21,23). The fourth-order valence-electron chi connectivity index (χ4n) is 2.46. The van der Waals surface area contributed by atoms with Crippen molar-refractivity contribution in [3.63, 3.8) is 0 Å². The summed E-state index contributed by atoms with van der Waals surface area (Å²) in [5, 5.41) is 2.96. The minimum absolute atomic E-state index is 0.314. The summed E-state index contributed by atoms with van der Waals surface area (Å²) in [5.41, 5.74) is 1.55. The number of anilines is 2. The maximum absolute atomic E-state index is 12.6. The zero-order chi connectivity index (χ0) is 21.1. The lowest BCUT2D eigenvalue weighted by Crippen LogP contribution is -2.37. The van der Waals surface area contributed by atoms with E-state index in [0.717, 1.165) is 20.6 Å². The van der Waals surface area contributed by atoms with Crippen molar-refractivity contribution in [2.45, 2.75) is 6.92 Å². The van der Waals surface area contributed by atoms with Crippen LogP contribution in [-0.4, -0.2) is 41.3 Å². The van der Waals surface area contributed by atoms with Crippen molar-refractivity contribution in [1.29, 1.82) is 0 Å². The van der Waals surface area contributed by atoms with Crippen LogP contribution in [0.1, 0.15) is 5.56 Å². The van der Waals surface area contributed by atoms with E-state index in [1.165, 1.54) is 26.4 Å². The first-order chi connectivity index (χ1) is 13.1. The van der Waals surface area contributed by atoms with Gasteiger partial charge in [-0.2, -0.15) is 0 Å². The number of ether oxygens (including phenoxy) is 2. The van der Waals surface area contributed by atoms with E-state index < -0.39 is 22.5 Å². The van der Waals surface area contributed by atoms with Gasteiger partial charge < -0.3 is 14.8 Å². The number of rotatable bonds is 7. The van der Waals surface area contributed by atoms with Gasteiger partial charge >= 0.3 is 0 Å². The number of carbonyl (C=O) groups excluding carboxylic acids is 1. The lowest BCUT2D eigenvalue weighted by atomic mass is 10.2. The maximum Gasteiger partial charge on any atom is 0.245 e. The zero-order valence-electron chi connectivity index (χ0n) is 15.7. The number of carbonyl (C=O) groups is 1. The molecule has 2 aromatic carbocycles. The summed E-state index contributed by atoms with van der Waals surface area (Å²) >= 11 is 9.44. The van der Waals surface area contributed by atoms with E-state index in [1.807, 2.05) is 6.92 Å². The predicted molar refractivity (Wildman–Crippen MR) is 114 cm³/mol. The highest BCUT2D eigenvalue weighted by molar-refractivity contribution is 9.10. The Bertz CT molecular complexity index is 998. The number of methoxy groups -OCH3 is 2. The Balaban J connectivity index is 2.31. The SMILES string of the molecule is COc1cc(NC(=O)CN(c2ccc(Br)c(C)c2)S(C)(=O)=O)c(OC)cc1Cl. The highest BCUT2D eigenvalue weighted by Gasteiger charge is 2.22. The third kappa shape index (κ3) is 5.30. The number of nitrogens with one attached hydrogen (secondary N) is 1. The minimum atomic E-state index is -3.69. The van der Waals surface area contributed by atoms with Crippen LogP contribution in [0, 0.1) is 6.92 Å². The molecule has 0 aliphatic rings. The van der Waals surface area contributed by atoms with Crippen LogP contribution in [0.5, 0.6) is 11.5 Å². The van der Waals surface area contributed by atoms with Gasteiger partial charge in [0.15, 0.2) is 0 Å². The molecule has 0 radical (unpaired) electrons. The van der Waals surface area contributed by atoms with Gasteiger partial charge in [0.25, 0.3) is 0 Å². The van der Waals surface area contributed by atoms with Gasteiger partial charge in [-0.25, -0.2) is 8.42 Å². The van der Waals surface area contributed by atoms with Crippen molar-refractivity contribution in [3.8, 4) is 11.5 Å². The Hall–Kier alpha value is -1.97. The number of hydrogen-bond donors (Lipinski definition) is 1. The monoisotopic (exact) mass is 490 g/mol. The molecule has 0 aromatic heterocycles. The third-order valence-electron chi connectivity index (χ3n) is 3.87. The lowest BCUT2D eigenvalue weighted by Gasteiger charge is -2.23. The van der Waals surface area contributed by atoms with Crippen LogP contribution in [0.2, 0.25) is 5.02 Å². The van der Waals surface area contributed by atoms with E-state index in [-0.39, 0.29) is 0 Å². The van der Waals surface area contributed by atoms with E-state index >= 15 is 0 Å². The highest BCUT2D eigenvalue weighted by Crippen LogP contribution is 2.36. The molecule has 152 valence electrons. The van der Waals surface area contributed by atoms with Crippen LogP contribution in [0.4, 0.5) is 11.4 Å². The smallest absolute Gasteiger partial charge is 0.245 e. The molecule has 0 saturated carbocycles. The summed E-state index contributed by atoms with van der Waals surface area (Å²) in [7, 11) is -0.813. The molecule has 0 bridgehead atoms. The number of aryl methyl sites for hydroxylation is 1. The topological polar surface area (TPSA) is 84.9 Å². The fourth-order valence-corrected chi connectivity index (χ4v) is 3.79. The van der Waals surface area contributed by atoms with Crippen LogP contribution < -0.4 is 19.1 Å². The van der Waals surface area contributed by atoms with Crippen molar-refractivity contribution in [1.82, 2.24) is 0 Å². The molecule has 0 aliphatic carbocycles. The Labute approximate surface area is 177 Å². The molecule has 10 heteroatoms. The number of benzene rings is 2. The second-order valence-electron chi connectivity index (χ2n) is 5.94. The second kappa shape index (κ2) is 9.02. The van der Waals surface area contributed by atoms with E-state index in [2.05, 4.69) is 21.2 Å². The molecule has 1 amide bonds. The van der Waals surface area contributed by atoms with Gasteiger partial charge in [0.1, 0.15) is 18.0 Å². The average molecular weight is 492 g/mol. The number of nitrogens with zero attached hydrogens (tertiary/aromatic N) is 1. The molecule has 0 spiro atoms. The average Bonchev–Trinajstić information content (AvgIpc) is 2.62. The van der Waals surface area contributed by atoms with Crippen molar-refractivity contribution >= 4 is 54.8 Å². The summed E-state index contributed by atoms with van der Waals surface area (Å²) < 4.78 is 36.7. The molecule has 1 N–H and O–H groups in total. The highest BCUT2D eigenvalue weighted by atomic mass is 79.9. The van der Waals surface area contributed by atoms with Crippen molar-refractivity contribution < 1.29 is 22.7 Å². The number of sulfonamides is 1. The van der Waals surface area contributed by atoms with Gasteiger partial charge in [0.05, 0.1) is 36.9 Å². The van der Waals surface area contributed by atoms with Gasteiger partial charge in [-0.1, -0.05) is 27.5 Å². The van der Waals surface area contributed by atoms with Gasteiger partial charge in [0.2, 0.25) is 15.9 Å². The Morgan fingerprint density at radius 2 is 1.82 bits per heavy atom. The minimum Gasteiger partial charge on any atom is -0.495 e. The van der Waals surface area contributed by atoms with Gasteiger partial charge in [0, 0.05) is 16.6 Å². The lowest BCUT2D eigenvalue weighted by molar-refractivity contribution is -0.114. The summed E-state index contributed by atoms with van der Waals surface area (Å²) in [5.74, 6) is 0.125. The van der Waals surface area contributed by atoms with Crippen LogP contribution in [-0.2, 0) is 14.8 Å². The molecule has 28 heavy (non-hydrogen) atoms. The number of hydrogen-bond acceptors (Lipinski definition) is 5. The molecule has 0 heterocycles. The largest absolute Gasteiger partial charge is 0.495 e. The molecule has 2 rings (SSSR count). The summed E-state index contributed by atoms with van der Waals surface area (Å²) in [6.07, 6.45) is 1.05. The van der Waals surface area contributed by atoms with Crippen LogP contribution in [0.15, 0.2) is 34.8 Å². The van der Waals surface area contributed by atoms with Gasteiger partial charge in [-0.15, -0.1) is 0 Å². The zero-order valence-corrected chi connectivity index (χ0v) is 18.9. The summed E-state index contributed by atoms with van der Waals surface area (Å²) in [6.45, 7) is 1.42. The number of halogens is 2. The van der Waals surface area contributed by atoms with E-state index in [4.69, 9.17) is 21.1 Å². The third-order valence-corrected chi connectivity index (χ3v) is 6.19. The predicted octanol–water partition coefficient (Wildman–Crippen LogP) is 3.83. The van der Waals surface area contributed by atoms with E-state index in [1.54, 1.807) is 18.2 Å². The van der Waals surface area contributed by atoms with Crippen molar-refractivity contribution in [2.75, 3.05) is 36.6 Å². The second-order valence-corrected chi connectivity index (χ2v) is 9.11. The fraction of sp³-hybridized carbons (Fsp3) is 0.278. The molecule has 0 atom stereocenters. The molecule has 7 nitrogen and oxygen atoms in total. The van der Waals surface area contributed by atoms with Crippen molar-refractivity contribution in [3.05, 3.63) is 45.4 Å². The van der Waals surface area contributed by atoms with Crippen LogP contribution >= 0.6 is 27.5 Å². The molecule has 0 fully saturated rings. The first-order valence-electron chi connectivity index (χ1n) is 8.02. The maximum atomic E-state index is 12.6. The number of amides is 1. The normalized spacial score (nSPS) is 11.1.